The van der Waals surface area contributed by atoms with Crippen LogP contribution in [0.15, 0.2) is 34.9 Å². The third-order valence-corrected chi connectivity index (χ3v) is 4.81. The number of amides is 1. The largest absolute Gasteiger partial charge is 0.383 e. The van der Waals surface area contributed by atoms with Gasteiger partial charge in [-0.2, -0.15) is 0 Å². The van der Waals surface area contributed by atoms with Crippen LogP contribution in [0.1, 0.15) is 46.6 Å². The highest BCUT2D eigenvalue weighted by molar-refractivity contribution is 5.78. The number of hydrogen-bond donors (Lipinski definition) is 0. The van der Waals surface area contributed by atoms with Crippen LogP contribution in [0.2, 0.25) is 0 Å². The van der Waals surface area contributed by atoms with Crippen LogP contribution < -0.4 is 4.90 Å². The van der Waals surface area contributed by atoms with Crippen molar-refractivity contribution in [3.05, 3.63) is 35.9 Å². The van der Waals surface area contributed by atoms with Gasteiger partial charge in [-0.3, -0.25) is 4.79 Å². The van der Waals surface area contributed by atoms with E-state index >= 15 is 0 Å². The molecule has 0 N–H and O–H groups in total. The predicted octanol–water partition coefficient (Wildman–Crippen LogP) is 4.60. The van der Waals surface area contributed by atoms with Gasteiger partial charge in [0.25, 0.3) is 0 Å². The van der Waals surface area contributed by atoms with Gasteiger partial charge in [-0.05, 0) is 19.3 Å². The molecule has 0 radical (unpaired) electrons. The van der Waals surface area contributed by atoms with Crippen molar-refractivity contribution in [2.45, 2.75) is 47.6 Å². The Bertz CT molecular complexity index is 761. The Morgan fingerprint density at radius 2 is 1.79 bits per heavy atom. The fourth-order valence-electron chi connectivity index (χ4n) is 3.28. The molecule has 2 aromatic rings. The van der Waals surface area contributed by atoms with E-state index in [9.17, 15) is 4.79 Å². The highest BCUT2D eigenvalue weighted by Crippen LogP contribution is 2.33. The summed E-state index contributed by atoms with van der Waals surface area (Å²) in [6.45, 7) is 13.5. The number of rotatable bonds is 10. The topological polar surface area (TPSA) is 58.8 Å². The van der Waals surface area contributed by atoms with Crippen LogP contribution in [0, 0.1) is 5.41 Å². The van der Waals surface area contributed by atoms with E-state index in [0.29, 0.717) is 26.1 Å². The molecule has 1 heterocycles. The average molecular weight is 402 g/mol. The average Bonchev–Trinajstić information content (AvgIpc) is 3.09. The molecule has 1 aromatic heterocycles. The van der Waals surface area contributed by atoms with Gasteiger partial charge in [0.1, 0.15) is 5.69 Å². The first-order valence-corrected chi connectivity index (χ1v) is 10.4. The minimum atomic E-state index is -0.0823. The van der Waals surface area contributed by atoms with Gasteiger partial charge in [0, 0.05) is 38.7 Å². The van der Waals surface area contributed by atoms with Crippen LogP contribution in [0.3, 0.4) is 0 Å². The van der Waals surface area contributed by atoms with Gasteiger partial charge < -0.3 is 19.1 Å². The van der Waals surface area contributed by atoms with Crippen molar-refractivity contribution in [2.24, 2.45) is 5.41 Å². The molecule has 0 saturated heterocycles. The van der Waals surface area contributed by atoms with Crippen LogP contribution >= 0.6 is 0 Å². The van der Waals surface area contributed by atoms with Crippen LogP contribution in [0.25, 0.3) is 11.3 Å². The molecule has 0 spiro atoms. The molecular weight excluding hydrogens is 366 g/mol. The summed E-state index contributed by atoms with van der Waals surface area (Å²) >= 11 is 0. The first kappa shape index (κ1) is 22.9. The molecule has 0 aliphatic rings. The fraction of sp³-hybridized carbons (Fsp3) is 0.565. The van der Waals surface area contributed by atoms with E-state index in [1.54, 1.807) is 7.11 Å². The molecule has 0 saturated carbocycles. The summed E-state index contributed by atoms with van der Waals surface area (Å²) in [6, 6.07) is 9.98. The number of ether oxygens (including phenoxy) is 1. The van der Waals surface area contributed by atoms with Gasteiger partial charge in [0.05, 0.1) is 18.7 Å². The minimum absolute atomic E-state index is 0.0823. The first-order valence-electron chi connectivity index (χ1n) is 10.4. The lowest BCUT2D eigenvalue weighted by atomic mass is 9.91. The van der Waals surface area contributed by atoms with E-state index < -0.39 is 0 Å². The number of hydrogen-bond acceptors (Lipinski definition) is 5. The SMILES string of the molecule is CCN(CC)c1onc(-c2ccccc2)c1CN(CCOC)C(=O)CC(C)(C)C. The predicted molar refractivity (Wildman–Crippen MR) is 117 cm³/mol. The maximum absolute atomic E-state index is 13.1. The standard InChI is InChI=1S/C23H35N3O3/c1-7-25(8-2)22-19(21(24-29-22)18-12-10-9-11-13-18)17-26(14-15-28-6)20(27)16-23(3,4)5/h9-13H,7-8,14-17H2,1-6H3. The van der Waals surface area contributed by atoms with Crippen molar-refractivity contribution >= 4 is 11.8 Å². The van der Waals surface area contributed by atoms with Crippen molar-refractivity contribution in [1.82, 2.24) is 10.1 Å². The summed E-state index contributed by atoms with van der Waals surface area (Å²) in [6.07, 6.45) is 0.475. The number of nitrogens with zero attached hydrogens (tertiary/aromatic N) is 3. The second-order valence-electron chi connectivity index (χ2n) is 8.40. The van der Waals surface area contributed by atoms with Crippen molar-refractivity contribution in [1.29, 1.82) is 0 Å². The minimum Gasteiger partial charge on any atom is -0.383 e. The Morgan fingerprint density at radius 3 is 2.34 bits per heavy atom. The third-order valence-electron chi connectivity index (χ3n) is 4.81. The first-order chi connectivity index (χ1) is 13.8. The van der Waals surface area contributed by atoms with E-state index in [4.69, 9.17) is 9.26 Å². The van der Waals surface area contributed by atoms with E-state index in [0.717, 1.165) is 35.8 Å². The molecule has 160 valence electrons. The summed E-state index contributed by atoms with van der Waals surface area (Å²) < 4.78 is 11.1. The summed E-state index contributed by atoms with van der Waals surface area (Å²) in [5.74, 6) is 0.847. The summed E-state index contributed by atoms with van der Waals surface area (Å²) in [4.78, 5) is 17.1. The van der Waals surface area contributed by atoms with Crippen LogP contribution in [0.4, 0.5) is 5.88 Å². The summed E-state index contributed by atoms with van der Waals surface area (Å²) in [5.41, 5.74) is 2.64. The second-order valence-corrected chi connectivity index (χ2v) is 8.40. The maximum atomic E-state index is 13.1. The molecule has 1 amide bonds. The summed E-state index contributed by atoms with van der Waals surface area (Å²) in [5, 5.41) is 4.38. The van der Waals surface area contributed by atoms with Crippen LogP contribution in [-0.2, 0) is 16.1 Å². The molecule has 0 atom stereocenters. The maximum Gasteiger partial charge on any atom is 0.232 e. The molecule has 0 fully saturated rings. The number of carbonyl (C=O) groups excluding carboxylic acids is 1. The van der Waals surface area contributed by atoms with E-state index in [-0.39, 0.29) is 11.3 Å². The van der Waals surface area contributed by atoms with E-state index in [1.165, 1.54) is 0 Å². The lowest BCUT2D eigenvalue weighted by Gasteiger charge is -2.27. The van der Waals surface area contributed by atoms with Crippen molar-refractivity contribution in [3.63, 3.8) is 0 Å². The Balaban J connectivity index is 2.44. The number of aromatic nitrogens is 1. The monoisotopic (exact) mass is 401 g/mol. The molecule has 1 aromatic carbocycles. The van der Waals surface area contributed by atoms with Crippen molar-refractivity contribution < 1.29 is 14.1 Å². The molecule has 29 heavy (non-hydrogen) atoms. The molecule has 6 nitrogen and oxygen atoms in total. The number of benzene rings is 1. The Kier molecular flexibility index (Phi) is 8.26. The fourth-order valence-corrected chi connectivity index (χ4v) is 3.28. The Hall–Kier alpha value is -2.34. The molecule has 2 rings (SSSR count). The van der Waals surface area contributed by atoms with Gasteiger partial charge in [-0.1, -0.05) is 56.3 Å². The molecule has 0 aliphatic carbocycles. The van der Waals surface area contributed by atoms with E-state index in [1.807, 2.05) is 35.2 Å². The van der Waals surface area contributed by atoms with Crippen LogP contribution in [0.5, 0.6) is 0 Å². The zero-order valence-corrected chi connectivity index (χ0v) is 18.7. The lowest BCUT2D eigenvalue weighted by molar-refractivity contribution is -0.134. The summed E-state index contributed by atoms with van der Waals surface area (Å²) in [7, 11) is 1.66. The quantitative estimate of drug-likeness (QED) is 0.582. The zero-order valence-electron chi connectivity index (χ0n) is 18.7. The zero-order chi connectivity index (χ0) is 21.4. The van der Waals surface area contributed by atoms with Crippen molar-refractivity contribution in [2.75, 3.05) is 38.3 Å². The molecule has 0 unspecified atom stereocenters. The molecule has 0 aliphatic heterocycles. The van der Waals surface area contributed by atoms with Gasteiger partial charge in [-0.15, -0.1) is 0 Å². The highest BCUT2D eigenvalue weighted by Gasteiger charge is 2.27. The normalized spacial score (nSPS) is 11.5. The second kappa shape index (κ2) is 10.4. The van der Waals surface area contributed by atoms with Gasteiger partial charge in [0.2, 0.25) is 11.8 Å². The lowest BCUT2D eigenvalue weighted by Crippen LogP contribution is -2.36. The number of methoxy groups -OCH3 is 1. The molecular formula is C23H35N3O3. The number of carbonyl (C=O) groups is 1. The molecule has 0 bridgehead atoms. The van der Waals surface area contributed by atoms with E-state index in [2.05, 4.69) is 44.7 Å². The van der Waals surface area contributed by atoms with Gasteiger partial charge >= 0.3 is 0 Å². The Morgan fingerprint density at radius 1 is 1.14 bits per heavy atom. The van der Waals surface area contributed by atoms with Crippen LogP contribution in [-0.4, -0.2) is 49.3 Å². The highest BCUT2D eigenvalue weighted by atomic mass is 16.5. The smallest absolute Gasteiger partial charge is 0.232 e. The Labute approximate surface area is 174 Å². The van der Waals surface area contributed by atoms with Gasteiger partial charge in [0.15, 0.2) is 0 Å². The number of anilines is 1. The molecule has 6 heteroatoms. The van der Waals surface area contributed by atoms with Gasteiger partial charge in [-0.25, -0.2) is 0 Å². The third kappa shape index (κ3) is 6.32. The van der Waals surface area contributed by atoms with Crippen molar-refractivity contribution in [3.8, 4) is 11.3 Å².